The molecule has 0 spiro atoms. The first-order valence-corrected chi connectivity index (χ1v) is 7.63. The van der Waals surface area contributed by atoms with Crippen molar-refractivity contribution in [3.63, 3.8) is 0 Å². The second-order valence-electron chi connectivity index (χ2n) is 4.73. The van der Waals surface area contributed by atoms with Gasteiger partial charge in [0.05, 0.1) is 13.0 Å². The molecule has 0 fully saturated rings. The van der Waals surface area contributed by atoms with Crippen molar-refractivity contribution >= 4 is 27.8 Å². The summed E-state index contributed by atoms with van der Waals surface area (Å²) in [6, 6.07) is 7.25. The van der Waals surface area contributed by atoms with Crippen LogP contribution in [0.1, 0.15) is 26.7 Å². The lowest BCUT2D eigenvalue weighted by Gasteiger charge is -2.27. The standard InChI is InChI=1S/C15H20BrNO4/c1-3-11(2)17(10-15(19)20)14(18)7-8-21-13-6-4-5-12(16)9-13/h4-6,9,11H,3,7-8,10H2,1-2H3,(H,19,20). The number of carboxylic acid groups (broad SMARTS) is 1. The molecule has 0 radical (unpaired) electrons. The summed E-state index contributed by atoms with van der Waals surface area (Å²) in [6.45, 7) is 3.72. The predicted octanol–water partition coefficient (Wildman–Crippen LogP) is 2.93. The fourth-order valence-corrected chi connectivity index (χ4v) is 2.19. The zero-order chi connectivity index (χ0) is 15.8. The van der Waals surface area contributed by atoms with E-state index in [0.717, 1.165) is 4.47 Å². The van der Waals surface area contributed by atoms with Gasteiger partial charge in [-0.15, -0.1) is 0 Å². The van der Waals surface area contributed by atoms with Crippen molar-refractivity contribution in [3.05, 3.63) is 28.7 Å². The first kappa shape index (κ1) is 17.5. The third kappa shape index (κ3) is 6.16. The van der Waals surface area contributed by atoms with Crippen LogP contribution in [0.15, 0.2) is 28.7 Å². The van der Waals surface area contributed by atoms with Gasteiger partial charge in [0.2, 0.25) is 5.91 Å². The summed E-state index contributed by atoms with van der Waals surface area (Å²) in [5, 5.41) is 8.88. The lowest BCUT2D eigenvalue weighted by molar-refractivity contribution is -0.146. The molecule has 0 aliphatic carbocycles. The summed E-state index contributed by atoms with van der Waals surface area (Å²) in [5.41, 5.74) is 0. The number of nitrogens with zero attached hydrogens (tertiary/aromatic N) is 1. The summed E-state index contributed by atoms with van der Waals surface area (Å²) in [5.74, 6) is -0.538. The minimum Gasteiger partial charge on any atom is -0.493 e. The molecule has 0 aliphatic heterocycles. The van der Waals surface area contributed by atoms with Gasteiger partial charge in [0.1, 0.15) is 12.3 Å². The Morgan fingerprint density at radius 2 is 2.14 bits per heavy atom. The van der Waals surface area contributed by atoms with Crippen LogP contribution in [0, 0.1) is 0 Å². The summed E-state index contributed by atoms with van der Waals surface area (Å²) in [4.78, 5) is 24.3. The molecule has 1 N–H and O–H groups in total. The van der Waals surface area contributed by atoms with Gasteiger partial charge in [-0.3, -0.25) is 9.59 Å². The smallest absolute Gasteiger partial charge is 0.323 e. The molecule has 1 unspecified atom stereocenters. The highest BCUT2D eigenvalue weighted by Gasteiger charge is 2.21. The zero-order valence-corrected chi connectivity index (χ0v) is 13.8. The summed E-state index contributed by atoms with van der Waals surface area (Å²) < 4.78 is 6.40. The van der Waals surface area contributed by atoms with E-state index in [1.54, 1.807) is 6.07 Å². The van der Waals surface area contributed by atoms with E-state index in [1.165, 1.54) is 4.90 Å². The van der Waals surface area contributed by atoms with Crippen LogP contribution in [0.4, 0.5) is 0 Å². The average molecular weight is 358 g/mol. The Balaban J connectivity index is 2.51. The molecular weight excluding hydrogens is 338 g/mol. The van der Waals surface area contributed by atoms with Crippen LogP contribution in [0.3, 0.4) is 0 Å². The van der Waals surface area contributed by atoms with Crippen LogP contribution in [-0.4, -0.2) is 41.1 Å². The van der Waals surface area contributed by atoms with Gasteiger partial charge in [0.25, 0.3) is 0 Å². The first-order chi connectivity index (χ1) is 9.93. The van der Waals surface area contributed by atoms with Gasteiger partial charge in [-0.25, -0.2) is 0 Å². The third-order valence-corrected chi connectivity index (χ3v) is 3.62. The summed E-state index contributed by atoms with van der Waals surface area (Å²) in [7, 11) is 0. The fourth-order valence-electron chi connectivity index (χ4n) is 1.81. The highest BCUT2D eigenvalue weighted by atomic mass is 79.9. The lowest BCUT2D eigenvalue weighted by Crippen LogP contribution is -2.42. The van der Waals surface area contributed by atoms with E-state index < -0.39 is 5.97 Å². The topological polar surface area (TPSA) is 66.8 Å². The molecule has 0 aliphatic rings. The van der Waals surface area contributed by atoms with Gasteiger partial charge in [-0.2, -0.15) is 0 Å². The molecule has 1 rings (SSSR count). The van der Waals surface area contributed by atoms with E-state index >= 15 is 0 Å². The fraction of sp³-hybridized carbons (Fsp3) is 0.467. The predicted molar refractivity (Wildman–Crippen MR) is 83.4 cm³/mol. The van der Waals surface area contributed by atoms with Crippen LogP contribution in [0.2, 0.25) is 0 Å². The molecule has 21 heavy (non-hydrogen) atoms. The van der Waals surface area contributed by atoms with Crippen molar-refractivity contribution in [2.24, 2.45) is 0 Å². The van der Waals surface area contributed by atoms with E-state index in [4.69, 9.17) is 9.84 Å². The molecular formula is C15H20BrNO4. The Kier molecular flexibility index (Phi) is 7.22. The number of amides is 1. The van der Waals surface area contributed by atoms with E-state index in [0.29, 0.717) is 12.2 Å². The molecule has 5 nitrogen and oxygen atoms in total. The minimum atomic E-state index is -1.00. The number of hydrogen-bond acceptors (Lipinski definition) is 3. The average Bonchev–Trinajstić information content (AvgIpc) is 2.43. The molecule has 1 amide bonds. The monoisotopic (exact) mass is 357 g/mol. The summed E-state index contributed by atoms with van der Waals surface area (Å²) >= 11 is 3.34. The molecule has 1 atom stereocenters. The Labute approximate surface area is 133 Å². The molecule has 0 bridgehead atoms. The minimum absolute atomic E-state index is 0.0977. The number of carbonyl (C=O) groups is 2. The first-order valence-electron chi connectivity index (χ1n) is 6.83. The van der Waals surface area contributed by atoms with E-state index in [1.807, 2.05) is 32.0 Å². The second-order valence-corrected chi connectivity index (χ2v) is 5.64. The second kappa shape index (κ2) is 8.67. The van der Waals surface area contributed by atoms with Crippen LogP contribution >= 0.6 is 15.9 Å². The number of halogens is 1. The normalized spacial score (nSPS) is 11.8. The van der Waals surface area contributed by atoms with Crippen molar-refractivity contribution in [1.29, 1.82) is 0 Å². The number of benzene rings is 1. The van der Waals surface area contributed by atoms with Gasteiger partial charge >= 0.3 is 5.97 Å². The Bertz CT molecular complexity index is 492. The molecule has 0 saturated carbocycles. The quantitative estimate of drug-likeness (QED) is 0.776. The molecule has 1 aromatic rings. The van der Waals surface area contributed by atoms with Crippen molar-refractivity contribution < 1.29 is 19.4 Å². The molecule has 0 saturated heterocycles. The zero-order valence-electron chi connectivity index (χ0n) is 12.2. The maximum atomic E-state index is 12.1. The Morgan fingerprint density at radius 1 is 1.43 bits per heavy atom. The Morgan fingerprint density at radius 3 is 2.71 bits per heavy atom. The number of hydrogen-bond donors (Lipinski definition) is 1. The highest BCUT2D eigenvalue weighted by molar-refractivity contribution is 9.10. The van der Waals surface area contributed by atoms with Gasteiger partial charge < -0.3 is 14.7 Å². The number of rotatable bonds is 8. The van der Waals surface area contributed by atoms with Gasteiger partial charge in [0.15, 0.2) is 0 Å². The van der Waals surface area contributed by atoms with Crippen molar-refractivity contribution in [2.45, 2.75) is 32.7 Å². The number of ether oxygens (including phenoxy) is 1. The number of carboxylic acids is 1. The van der Waals surface area contributed by atoms with Gasteiger partial charge in [-0.05, 0) is 31.5 Å². The van der Waals surface area contributed by atoms with Crippen LogP contribution in [0.5, 0.6) is 5.75 Å². The van der Waals surface area contributed by atoms with E-state index in [9.17, 15) is 9.59 Å². The largest absolute Gasteiger partial charge is 0.493 e. The van der Waals surface area contributed by atoms with Crippen molar-refractivity contribution in [1.82, 2.24) is 4.90 Å². The maximum absolute atomic E-state index is 12.1. The maximum Gasteiger partial charge on any atom is 0.323 e. The summed E-state index contributed by atoms with van der Waals surface area (Å²) in [6.07, 6.45) is 0.871. The molecule has 6 heteroatoms. The molecule has 1 aromatic carbocycles. The molecule has 0 aromatic heterocycles. The molecule has 116 valence electrons. The van der Waals surface area contributed by atoms with Gasteiger partial charge in [-0.1, -0.05) is 28.9 Å². The SMILES string of the molecule is CCC(C)N(CC(=O)O)C(=O)CCOc1cccc(Br)c1. The van der Waals surface area contributed by atoms with Gasteiger partial charge in [0, 0.05) is 10.5 Å². The number of carbonyl (C=O) groups excluding carboxylic acids is 1. The van der Waals surface area contributed by atoms with Crippen LogP contribution in [-0.2, 0) is 9.59 Å². The lowest BCUT2D eigenvalue weighted by atomic mass is 10.2. The van der Waals surface area contributed by atoms with Crippen LogP contribution in [0.25, 0.3) is 0 Å². The highest BCUT2D eigenvalue weighted by Crippen LogP contribution is 2.18. The number of aliphatic carboxylic acids is 1. The van der Waals surface area contributed by atoms with E-state index in [-0.39, 0.29) is 31.5 Å². The Hall–Kier alpha value is -1.56. The van der Waals surface area contributed by atoms with Crippen molar-refractivity contribution in [2.75, 3.05) is 13.2 Å². The van der Waals surface area contributed by atoms with Crippen molar-refractivity contribution in [3.8, 4) is 5.75 Å². The van der Waals surface area contributed by atoms with E-state index in [2.05, 4.69) is 15.9 Å². The van der Waals surface area contributed by atoms with Crippen LogP contribution < -0.4 is 4.74 Å². The molecule has 0 heterocycles. The third-order valence-electron chi connectivity index (χ3n) is 3.13.